The van der Waals surface area contributed by atoms with E-state index in [1.54, 1.807) is 0 Å². The molecule has 8 nitrogen and oxygen atoms in total. The number of hydrogen-bond donors (Lipinski definition) is 0. The Morgan fingerprint density at radius 3 is 1.26 bits per heavy atom. The molecule has 108 heavy (non-hydrogen) atoms. The van der Waals surface area contributed by atoms with Gasteiger partial charge in [-0.05, 0) is 146 Å². The molecule has 498 valence electrons. The number of rotatable bonds is 9. The van der Waals surface area contributed by atoms with Crippen molar-refractivity contribution in [2.75, 3.05) is 0 Å². The monoisotopic (exact) mass is 1370 g/mol. The van der Waals surface area contributed by atoms with Gasteiger partial charge in [0.25, 0.3) is 0 Å². The lowest BCUT2D eigenvalue weighted by molar-refractivity contribution is 1.15. The Balaban J connectivity index is 0.652. The molecule has 8 heteroatoms. The number of para-hydroxylation sites is 5. The number of hydrogen-bond acceptors (Lipinski definition) is 4. The Morgan fingerprint density at radius 2 is 0.602 bits per heavy atom. The maximum atomic E-state index is 5.59. The van der Waals surface area contributed by atoms with E-state index in [0.29, 0.717) is 11.6 Å². The van der Waals surface area contributed by atoms with Crippen molar-refractivity contribution in [1.82, 2.24) is 38.2 Å². The normalized spacial score (nSPS) is 12.3. The van der Waals surface area contributed by atoms with E-state index in [-0.39, 0.29) is 0 Å². The molecule has 0 radical (unpaired) electrons. The van der Waals surface area contributed by atoms with Gasteiger partial charge in [-0.25, -0.2) is 19.9 Å². The fraction of sp³-hybridized carbons (Fsp3) is 0. The second-order valence-corrected chi connectivity index (χ2v) is 28.7. The summed E-state index contributed by atoms with van der Waals surface area (Å²) >= 11 is 0. The van der Waals surface area contributed by atoms with Crippen molar-refractivity contribution in [3.63, 3.8) is 0 Å². The Kier molecular flexibility index (Phi) is 12.2. The van der Waals surface area contributed by atoms with Crippen LogP contribution in [0.4, 0.5) is 0 Å². The molecule has 0 fully saturated rings. The van der Waals surface area contributed by atoms with E-state index in [9.17, 15) is 0 Å². The lowest BCUT2D eigenvalue weighted by Gasteiger charge is -2.15. The fourth-order valence-corrected chi connectivity index (χ4v) is 18.7. The minimum absolute atomic E-state index is 0.675. The average molecular weight is 1370 g/mol. The molecule has 0 unspecified atom stereocenters. The summed E-state index contributed by atoms with van der Waals surface area (Å²) in [6.07, 6.45) is 2.05. The zero-order valence-electron chi connectivity index (χ0n) is 58.1. The Bertz CT molecular complexity index is 7620. The van der Waals surface area contributed by atoms with Crippen LogP contribution in [0.5, 0.6) is 0 Å². The molecule has 6 aromatic heterocycles. The van der Waals surface area contributed by atoms with Gasteiger partial charge in [0.1, 0.15) is 0 Å². The molecule has 0 N–H and O–H groups in total. The predicted molar refractivity (Wildman–Crippen MR) is 446 cm³/mol. The van der Waals surface area contributed by atoms with Gasteiger partial charge in [-0.2, -0.15) is 0 Å². The summed E-state index contributed by atoms with van der Waals surface area (Å²) in [6, 6.07) is 126. The maximum absolute atomic E-state index is 5.59. The Morgan fingerprint density at radius 1 is 0.194 bits per heavy atom. The van der Waals surface area contributed by atoms with Crippen LogP contribution in [0.3, 0.4) is 0 Å². The molecule has 24 rings (SSSR count). The lowest BCUT2D eigenvalue weighted by Crippen LogP contribution is -2.00. The van der Waals surface area contributed by atoms with Gasteiger partial charge in [-0.15, -0.1) is 0 Å². The number of benzene rings is 16. The second kappa shape index (κ2) is 22.5. The maximum Gasteiger partial charge on any atom is 0.160 e. The van der Waals surface area contributed by atoms with Crippen LogP contribution < -0.4 is 0 Å². The number of aromatic nitrogens is 8. The van der Waals surface area contributed by atoms with E-state index in [4.69, 9.17) is 19.9 Å². The van der Waals surface area contributed by atoms with Crippen molar-refractivity contribution in [2.45, 2.75) is 0 Å². The van der Waals surface area contributed by atoms with Gasteiger partial charge < -0.3 is 18.3 Å². The molecule has 0 spiro atoms. The minimum Gasteiger partial charge on any atom is -0.309 e. The zero-order chi connectivity index (χ0) is 70.4. The first-order valence-corrected chi connectivity index (χ1v) is 36.9. The smallest absolute Gasteiger partial charge is 0.160 e. The highest BCUT2D eigenvalue weighted by Gasteiger charge is 2.31. The second-order valence-electron chi connectivity index (χ2n) is 28.7. The third-order valence-electron chi connectivity index (χ3n) is 23.1. The average Bonchev–Trinajstić information content (AvgIpc) is 1.56. The molecule has 0 bridgehead atoms. The van der Waals surface area contributed by atoms with Gasteiger partial charge in [-0.1, -0.05) is 255 Å². The van der Waals surface area contributed by atoms with Gasteiger partial charge in [0.2, 0.25) is 0 Å². The minimum atomic E-state index is 0.675. The van der Waals surface area contributed by atoms with Gasteiger partial charge in [0.05, 0.1) is 61.2 Å². The van der Waals surface area contributed by atoms with Crippen molar-refractivity contribution in [2.24, 2.45) is 0 Å². The first-order chi connectivity index (χ1) is 53.6. The molecule has 6 heterocycles. The molecule has 0 aliphatic heterocycles. The lowest BCUT2D eigenvalue weighted by atomic mass is 9.92. The predicted octanol–water partition coefficient (Wildman–Crippen LogP) is 25.6. The van der Waals surface area contributed by atoms with Crippen molar-refractivity contribution >= 4 is 109 Å². The van der Waals surface area contributed by atoms with Crippen molar-refractivity contribution < 1.29 is 0 Å². The van der Waals surface area contributed by atoms with E-state index >= 15 is 0 Å². The van der Waals surface area contributed by atoms with E-state index in [0.717, 1.165) is 145 Å². The summed E-state index contributed by atoms with van der Waals surface area (Å²) in [5.41, 5.74) is 30.5. The molecule has 2 aliphatic rings. The molecular formula is C100H58N8. The van der Waals surface area contributed by atoms with Crippen LogP contribution in [0.25, 0.3) is 233 Å². The number of nitrogens with zero attached hydrogens (tertiary/aromatic N) is 8. The largest absolute Gasteiger partial charge is 0.309 e. The van der Waals surface area contributed by atoms with Gasteiger partial charge in [0, 0.05) is 111 Å². The summed E-state index contributed by atoms with van der Waals surface area (Å²) < 4.78 is 9.74. The zero-order valence-corrected chi connectivity index (χ0v) is 58.1. The molecule has 0 saturated carbocycles. The van der Waals surface area contributed by atoms with Crippen LogP contribution in [0.1, 0.15) is 0 Å². The summed E-state index contributed by atoms with van der Waals surface area (Å²) in [7, 11) is 0. The molecule has 22 aromatic rings. The summed E-state index contributed by atoms with van der Waals surface area (Å²) in [5, 5.41) is 14.4. The quantitative estimate of drug-likeness (QED) is 0.144. The van der Waals surface area contributed by atoms with Crippen LogP contribution in [0.2, 0.25) is 0 Å². The molecule has 0 atom stereocenters. The van der Waals surface area contributed by atoms with Gasteiger partial charge >= 0.3 is 0 Å². The molecule has 2 aliphatic carbocycles. The first-order valence-electron chi connectivity index (χ1n) is 36.9. The van der Waals surface area contributed by atoms with E-state index in [2.05, 4.69) is 364 Å². The van der Waals surface area contributed by atoms with E-state index < -0.39 is 0 Å². The summed E-state index contributed by atoms with van der Waals surface area (Å²) in [5.74, 6) is 1.37. The SMILES string of the molecule is c1ccc(-c2nc(-c3cccc(-n4c5cc(-n6c7ccccc7c7ccccc76)ccc5c5c(-c6ccc7c8c(cccc68)-c6cnc(-c8cccc(-n9c%10ccccc%10c%10c(-c%11cccc%12c%11c%11ccccc%11n%12-c%11ccccc%11)cccc%109)c8)nc6-7)cccc54)c3)c3c(n2)-c2cccc4cccc-3c24)cc1. The third-order valence-corrected chi connectivity index (χ3v) is 23.1. The standard InChI is InChI=1S/C100H58N8/c1-3-23-60(24-4-1)100-102-96(95-78-42-17-25-59-26-18-43-79(90(59)78)98(95)104-100)61-27-15-31-64(55-61)108-88-50-20-39-71(92(88)77-52-51-66(57-89(77)108)106-82-44-11-7-33-68(82)69-34-8-12-45-83(69)106)67-53-54-80-91-70(67)37-19-38-74(91)81-58-101-99(103-97(80)81)62-28-16-32-65(56-62)107-85-47-14-10-36-76(85)94-73(41-22-49-87(94)107)72-40-21-48-86-93(72)75-35-9-13-46-84(75)105(86)63-29-5-2-6-30-63/h1-58H. The van der Waals surface area contributed by atoms with E-state index in [1.165, 1.54) is 76.0 Å². The van der Waals surface area contributed by atoms with Gasteiger partial charge in [-0.3, -0.25) is 0 Å². The number of fused-ring (bicyclic) bond motifs is 18. The van der Waals surface area contributed by atoms with Crippen LogP contribution in [-0.2, 0) is 0 Å². The van der Waals surface area contributed by atoms with E-state index in [1.807, 2.05) is 6.07 Å². The van der Waals surface area contributed by atoms with Gasteiger partial charge in [0.15, 0.2) is 11.6 Å². The van der Waals surface area contributed by atoms with Crippen LogP contribution in [0, 0.1) is 0 Å². The van der Waals surface area contributed by atoms with Crippen LogP contribution in [-0.4, -0.2) is 38.2 Å². The van der Waals surface area contributed by atoms with Crippen molar-refractivity contribution in [1.29, 1.82) is 0 Å². The van der Waals surface area contributed by atoms with Crippen molar-refractivity contribution in [3.05, 3.63) is 352 Å². The highest BCUT2D eigenvalue weighted by Crippen LogP contribution is 2.54. The third kappa shape index (κ3) is 8.28. The molecule has 0 saturated heterocycles. The highest BCUT2D eigenvalue weighted by molar-refractivity contribution is 6.25. The van der Waals surface area contributed by atoms with Crippen molar-refractivity contribution in [3.8, 4) is 124 Å². The summed E-state index contributed by atoms with van der Waals surface area (Å²) in [6.45, 7) is 0. The topological polar surface area (TPSA) is 71.3 Å². The Hall–Kier alpha value is -14.6. The van der Waals surface area contributed by atoms with Crippen LogP contribution >= 0.6 is 0 Å². The molecule has 0 amide bonds. The molecule has 16 aromatic carbocycles. The Labute approximate surface area is 618 Å². The first kappa shape index (κ1) is 58.9. The fourth-order valence-electron chi connectivity index (χ4n) is 18.7. The molecular weight excluding hydrogens is 1310 g/mol. The summed E-state index contributed by atoms with van der Waals surface area (Å²) in [4.78, 5) is 21.8. The van der Waals surface area contributed by atoms with Crippen LogP contribution in [0.15, 0.2) is 352 Å². The highest BCUT2D eigenvalue weighted by atomic mass is 15.0.